The van der Waals surface area contributed by atoms with E-state index in [1.807, 2.05) is 0 Å². The molecule has 2 rings (SSSR count). The van der Waals surface area contributed by atoms with Gasteiger partial charge in [-0.15, -0.1) is 0 Å². The summed E-state index contributed by atoms with van der Waals surface area (Å²) in [5, 5.41) is 3.12. The number of rotatable bonds is 5. The molecule has 0 aromatic rings. The topological polar surface area (TPSA) is 58.4 Å². The number of hydrogen-bond donors (Lipinski definition) is 2. The Bertz CT molecular complexity index is 371. The largest absolute Gasteiger partial charge is 0.392 e. The van der Waals surface area contributed by atoms with Crippen LogP contribution in [-0.2, 0) is 4.79 Å². The summed E-state index contributed by atoms with van der Waals surface area (Å²) in [7, 11) is 4.18. The van der Waals surface area contributed by atoms with Crippen LogP contribution in [0.5, 0.6) is 0 Å². The van der Waals surface area contributed by atoms with Crippen LogP contribution in [0.3, 0.4) is 0 Å². The van der Waals surface area contributed by atoms with Crippen LogP contribution in [0, 0.1) is 5.41 Å². The van der Waals surface area contributed by atoms with Gasteiger partial charge >= 0.3 is 0 Å². The molecule has 2 fully saturated rings. The molecule has 0 aromatic carbocycles. The molecule has 0 spiro atoms. The highest BCUT2D eigenvalue weighted by Gasteiger charge is 2.46. The number of nitrogens with two attached hydrogens (primary N) is 1. The third-order valence-corrected chi connectivity index (χ3v) is 5.57. The van der Waals surface area contributed by atoms with Crippen molar-refractivity contribution >= 4 is 23.1 Å². The molecule has 0 aromatic heterocycles. The smallest absolute Gasteiger partial charge is 0.233 e. The monoisotopic (exact) mass is 283 g/mol. The van der Waals surface area contributed by atoms with Gasteiger partial charge in [0, 0.05) is 12.1 Å². The summed E-state index contributed by atoms with van der Waals surface area (Å²) in [5.41, 5.74) is 5.41. The van der Waals surface area contributed by atoms with E-state index in [-0.39, 0.29) is 11.4 Å². The molecule has 5 heteroatoms. The second kappa shape index (κ2) is 5.37. The molecule has 0 saturated heterocycles. The Hall–Kier alpha value is -0.680. The summed E-state index contributed by atoms with van der Waals surface area (Å²) in [4.78, 5) is 15.1. The predicted molar refractivity (Wildman–Crippen MR) is 81.0 cm³/mol. The molecule has 3 N–H and O–H groups in total. The van der Waals surface area contributed by atoms with Crippen LogP contribution < -0.4 is 11.1 Å². The van der Waals surface area contributed by atoms with Crippen molar-refractivity contribution in [2.24, 2.45) is 11.1 Å². The molecule has 0 unspecified atom stereocenters. The van der Waals surface area contributed by atoms with Crippen molar-refractivity contribution in [1.82, 2.24) is 10.2 Å². The maximum absolute atomic E-state index is 12.5. The molecular weight excluding hydrogens is 258 g/mol. The molecule has 19 heavy (non-hydrogen) atoms. The van der Waals surface area contributed by atoms with Crippen molar-refractivity contribution in [2.45, 2.75) is 50.5 Å². The number of likely N-dealkylation sites (N-methyl/N-ethyl adjacent to an activating group) is 1. The van der Waals surface area contributed by atoms with Crippen LogP contribution in [-0.4, -0.2) is 42.0 Å². The van der Waals surface area contributed by atoms with Crippen LogP contribution in [0.25, 0.3) is 0 Å². The van der Waals surface area contributed by atoms with Crippen molar-refractivity contribution in [3.05, 3.63) is 0 Å². The zero-order valence-corrected chi connectivity index (χ0v) is 12.8. The number of carbonyl (C=O) groups is 1. The van der Waals surface area contributed by atoms with Crippen molar-refractivity contribution < 1.29 is 4.79 Å². The Balaban J connectivity index is 1.99. The molecular formula is C14H25N3OS. The fourth-order valence-corrected chi connectivity index (χ4v) is 3.64. The average Bonchev–Trinajstić information content (AvgIpc) is 2.76. The van der Waals surface area contributed by atoms with Crippen molar-refractivity contribution in [1.29, 1.82) is 0 Å². The maximum Gasteiger partial charge on any atom is 0.233 e. The highest BCUT2D eigenvalue weighted by atomic mass is 32.1. The van der Waals surface area contributed by atoms with Gasteiger partial charge in [0.2, 0.25) is 5.91 Å². The summed E-state index contributed by atoms with van der Waals surface area (Å²) >= 11 is 5.15. The molecule has 0 bridgehead atoms. The molecule has 0 aliphatic heterocycles. The Morgan fingerprint density at radius 2 is 1.79 bits per heavy atom. The fraction of sp³-hybridized carbons (Fsp3) is 0.857. The van der Waals surface area contributed by atoms with E-state index in [1.165, 1.54) is 6.42 Å². The normalized spacial score (nSPS) is 23.9. The summed E-state index contributed by atoms with van der Waals surface area (Å²) < 4.78 is 0. The van der Waals surface area contributed by atoms with E-state index in [0.29, 0.717) is 11.5 Å². The minimum Gasteiger partial charge on any atom is -0.392 e. The van der Waals surface area contributed by atoms with Crippen LogP contribution >= 0.6 is 12.2 Å². The standard InChI is InChI=1S/C14H25N3OS/c1-17(2)13(6-5-7-13)10-16-12(18)14(11(15)19)8-3-4-9-14/h3-10H2,1-2H3,(H2,15,19)(H,16,18). The lowest BCUT2D eigenvalue weighted by molar-refractivity contribution is -0.128. The van der Waals surface area contributed by atoms with Gasteiger partial charge in [-0.1, -0.05) is 25.1 Å². The minimum atomic E-state index is -0.577. The van der Waals surface area contributed by atoms with E-state index in [0.717, 1.165) is 38.5 Å². The van der Waals surface area contributed by atoms with Crippen LogP contribution in [0.2, 0.25) is 0 Å². The summed E-state index contributed by atoms with van der Waals surface area (Å²) in [6, 6.07) is 0. The molecule has 2 aliphatic rings. The third-order valence-electron chi connectivity index (χ3n) is 5.17. The van der Waals surface area contributed by atoms with Gasteiger partial charge in [0.05, 0.1) is 10.4 Å². The van der Waals surface area contributed by atoms with Gasteiger partial charge in [0.15, 0.2) is 0 Å². The van der Waals surface area contributed by atoms with Gasteiger partial charge in [-0.05, 0) is 46.2 Å². The SMILES string of the molecule is CN(C)C1(CNC(=O)C2(C(N)=S)CCCC2)CCC1. The Morgan fingerprint density at radius 3 is 2.16 bits per heavy atom. The molecule has 0 atom stereocenters. The first kappa shape index (κ1) is 14.7. The number of nitrogens with zero attached hydrogens (tertiary/aromatic N) is 1. The van der Waals surface area contributed by atoms with Crippen LogP contribution in [0.15, 0.2) is 0 Å². The number of carbonyl (C=O) groups excluding carboxylic acids is 1. The Kier molecular flexibility index (Phi) is 4.16. The quantitative estimate of drug-likeness (QED) is 0.750. The highest BCUT2D eigenvalue weighted by molar-refractivity contribution is 7.80. The number of amides is 1. The molecule has 108 valence electrons. The zero-order chi connectivity index (χ0) is 14.1. The van der Waals surface area contributed by atoms with Gasteiger partial charge in [0.25, 0.3) is 0 Å². The minimum absolute atomic E-state index is 0.0469. The molecule has 1 amide bonds. The van der Waals surface area contributed by atoms with Gasteiger partial charge in [-0.3, -0.25) is 4.79 Å². The van der Waals surface area contributed by atoms with Gasteiger partial charge in [-0.25, -0.2) is 0 Å². The van der Waals surface area contributed by atoms with E-state index in [1.54, 1.807) is 0 Å². The molecule has 2 aliphatic carbocycles. The van der Waals surface area contributed by atoms with Crippen LogP contribution in [0.1, 0.15) is 44.9 Å². The van der Waals surface area contributed by atoms with Crippen molar-refractivity contribution in [2.75, 3.05) is 20.6 Å². The summed E-state index contributed by atoms with van der Waals surface area (Å²) in [5.74, 6) is 0.0469. The molecule has 2 saturated carbocycles. The lowest BCUT2D eigenvalue weighted by atomic mass is 9.75. The first-order chi connectivity index (χ1) is 8.93. The second-order valence-corrected chi connectivity index (χ2v) is 6.75. The second-order valence-electron chi connectivity index (χ2n) is 6.31. The Morgan fingerprint density at radius 1 is 1.21 bits per heavy atom. The van der Waals surface area contributed by atoms with Gasteiger partial charge in [0.1, 0.15) is 0 Å². The maximum atomic E-state index is 12.5. The molecule has 0 radical (unpaired) electrons. The number of hydrogen-bond acceptors (Lipinski definition) is 3. The number of thiocarbonyl (C=S) groups is 1. The third kappa shape index (κ3) is 2.50. The number of nitrogens with one attached hydrogen (secondary N) is 1. The average molecular weight is 283 g/mol. The molecule has 4 nitrogen and oxygen atoms in total. The first-order valence-corrected chi connectivity index (χ1v) is 7.59. The van der Waals surface area contributed by atoms with E-state index in [4.69, 9.17) is 18.0 Å². The molecule has 0 heterocycles. The van der Waals surface area contributed by atoms with Crippen LogP contribution in [0.4, 0.5) is 0 Å². The lowest BCUT2D eigenvalue weighted by Gasteiger charge is -2.47. The summed E-state index contributed by atoms with van der Waals surface area (Å²) in [6.07, 6.45) is 7.26. The van der Waals surface area contributed by atoms with Gasteiger partial charge in [-0.2, -0.15) is 0 Å². The van der Waals surface area contributed by atoms with E-state index in [2.05, 4.69) is 24.3 Å². The predicted octanol–water partition coefficient (Wildman–Crippen LogP) is 1.43. The van der Waals surface area contributed by atoms with Gasteiger partial charge < -0.3 is 16.0 Å². The van der Waals surface area contributed by atoms with E-state index >= 15 is 0 Å². The zero-order valence-electron chi connectivity index (χ0n) is 12.0. The Labute approximate surface area is 121 Å². The summed E-state index contributed by atoms with van der Waals surface area (Å²) in [6.45, 7) is 0.712. The first-order valence-electron chi connectivity index (χ1n) is 7.19. The fourth-order valence-electron chi connectivity index (χ4n) is 3.34. The highest BCUT2D eigenvalue weighted by Crippen LogP contribution is 2.40. The van der Waals surface area contributed by atoms with E-state index < -0.39 is 5.41 Å². The van der Waals surface area contributed by atoms with Crippen molar-refractivity contribution in [3.63, 3.8) is 0 Å². The van der Waals surface area contributed by atoms with Crippen molar-refractivity contribution in [3.8, 4) is 0 Å². The van der Waals surface area contributed by atoms with E-state index in [9.17, 15) is 4.79 Å². The lowest BCUT2D eigenvalue weighted by Crippen LogP contribution is -2.59.